The minimum atomic E-state index is -0.469. The van der Waals surface area contributed by atoms with Crippen LogP contribution in [0.1, 0.15) is 27.9 Å². The number of carbonyl (C=O) groups is 1. The third-order valence-electron chi connectivity index (χ3n) is 3.29. The molecular formula is C16H13FO2. The summed E-state index contributed by atoms with van der Waals surface area (Å²) in [4.78, 5) is 11.5. The number of fused-ring (bicyclic) bond motifs is 1. The SMILES string of the molecule is O=C1CCc2cc(OCc3ccccc3)cc(F)c21. The fourth-order valence-electron chi connectivity index (χ4n) is 2.34. The number of aryl methyl sites for hydroxylation is 1. The first-order valence-electron chi connectivity index (χ1n) is 6.26. The molecule has 0 N–H and O–H groups in total. The van der Waals surface area contributed by atoms with Crippen LogP contribution in [0.3, 0.4) is 0 Å². The van der Waals surface area contributed by atoms with Gasteiger partial charge in [0.15, 0.2) is 5.78 Å². The quantitative estimate of drug-likeness (QED) is 0.839. The Bertz CT molecular complexity index is 620. The molecule has 3 rings (SSSR count). The van der Waals surface area contributed by atoms with Gasteiger partial charge in [-0.15, -0.1) is 0 Å². The maximum Gasteiger partial charge on any atom is 0.166 e. The molecule has 0 radical (unpaired) electrons. The zero-order valence-corrected chi connectivity index (χ0v) is 10.4. The molecule has 0 heterocycles. The van der Waals surface area contributed by atoms with Gasteiger partial charge in [0, 0.05) is 12.5 Å². The van der Waals surface area contributed by atoms with E-state index in [-0.39, 0.29) is 11.3 Å². The summed E-state index contributed by atoms with van der Waals surface area (Å²) in [6, 6.07) is 12.8. The number of carbonyl (C=O) groups excluding carboxylic acids is 1. The van der Waals surface area contributed by atoms with Gasteiger partial charge in [-0.2, -0.15) is 0 Å². The topological polar surface area (TPSA) is 26.3 Å². The van der Waals surface area contributed by atoms with E-state index in [4.69, 9.17) is 4.74 Å². The largest absolute Gasteiger partial charge is 0.489 e. The molecule has 0 amide bonds. The maximum atomic E-state index is 13.8. The lowest BCUT2D eigenvalue weighted by Gasteiger charge is -2.08. The Morgan fingerprint density at radius 1 is 1.11 bits per heavy atom. The Hall–Kier alpha value is -2.16. The van der Waals surface area contributed by atoms with Gasteiger partial charge in [0.2, 0.25) is 0 Å². The number of ether oxygens (including phenoxy) is 1. The fourth-order valence-corrected chi connectivity index (χ4v) is 2.34. The minimum Gasteiger partial charge on any atom is -0.489 e. The third-order valence-corrected chi connectivity index (χ3v) is 3.29. The standard InChI is InChI=1S/C16H13FO2/c17-14-9-13(8-12-6-7-15(18)16(12)14)19-10-11-4-2-1-3-5-11/h1-5,8-9H,6-7,10H2. The van der Waals surface area contributed by atoms with Crippen molar-refractivity contribution in [3.05, 3.63) is 65.0 Å². The number of Topliss-reactive ketones (excluding diaryl/α,β-unsaturated/α-hetero) is 1. The predicted molar refractivity (Wildman–Crippen MR) is 69.8 cm³/mol. The second kappa shape index (κ2) is 4.84. The Balaban J connectivity index is 1.80. The first-order chi connectivity index (χ1) is 9.24. The van der Waals surface area contributed by atoms with Crippen LogP contribution in [0.2, 0.25) is 0 Å². The molecule has 3 heteroatoms. The minimum absolute atomic E-state index is 0.109. The fraction of sp³-hybridized carbons (Fsp3) is 0.188. The molecule has 0 fully saturated rings. The van der Waals surface area contributed by atoms with Crippen LogP contribution in [-0.2, 0) is 13.0 Å². The number of hydrogen-bond acceptors (Lipinski definition) is 2. The summed E-state index contributed by atoms with van der Waals surface area (Å²) in [5.41, 5.74) is 2.03. The number of benzene rings is 2. The lowest BCUT2D eigenvalue weighted by molar-refractivity contribution is 0.0991. The van der Waals surface area contributed by atoms with Crippen molar-refractivity contribution in [1.29, 1.82) is 0 Å². The highest BCUT2D eigenvalue weighted by Gasteiger charge is 2.24. The van der Waals surface area contributed by atoms with E-state index in [1.165, 1.54) is 6.07 Å². The van der Waals surface area contributed by atoms with E-state index in [2.05, 4.69) is 0 Å². The van der Waals surface area contributed by atoms with Crippen molar-refractivity contribution in [2.45, 2.75) is 19.4 Å². The zero-order chi connectivity index (χ0) is 13.2. The summed E-state index contributed by atoms with van der Waals surface area (Å²) in [7, 11) is 0. The monoisotopic (exact) mass is 256 g/mol. The van der Waals surface area contributed by atoms with Crippen LogP contribution in [0, 0.1) is 5.82 Å². The first kappa shape index (κ1) is 11.9. The molecular weight excluding hydrogens is 243 g/mol. The lowest BCUT2D eigenvalue weighted by Crippen LogP contribution is -2.00. The summed E-state index contributed by atoms with van der Waals surface area (Å²) >= 11 is 0. The molecule has 0 aliphatic heterocycles. The van der Waals surface area contributed by atoms with Crippen LogP contribution in [0.5, 0.6) is 5.75 Å². The average Bonchev–Trinajstić information content (AvgIpc) is 2.80. The van der Waals surface area contributed by atoms with E-state index in [9.17, 15) is 9.18 Å². The maximum absolute atomic E-state index is 13.8. The molecule has 0 atom stereocenters. The molecule has 2 nitrogen and oxygen atoms in total. The molecule has 2 aromatic rings. The predicted octanol–water partition coefficient (Wildman–Crippen LogP) is 3.53. The van der Waals surface area contributed by atoms with E-state index in [1.807, 2.05) is 30.3 Å². The molecule has 0 bridgehead atoms. The van der Waals surface area contributed by atoms with Crippen molar-refractivity contribution >= 4 is 5.78 Å². The molecule has 0 saturated carbocycles. The Labute approximate surface area is 110 Å². The number of ketones is 1. The summed E-state index contributed by atoms with van der Waals surface area (Å²) in [6.45, 7) is 0.396. The summed E-state index contributed by atoms with van der Waals surface area (Å²) < 4.78 is 19.4. The molecule has 1 aliphatic carbocycles. The molecule has 2 aromatic carbocycles. The van der Waals surface area contributed by atoms with Crippen LogP contribution >= 0.6 is 0 Å². The Morgan fingerprint density at radius 3 is 2.68 bits per heavy atom. The van der Waals surface area contributed by atoms with Gasteiger partial charge in [0.05, 0.1) is 5.56 Å². The van der Waals surface area contributed by atoms with Crippen LogP contribution in [0.15, 0.2) is 42.5 Å². The second-order valence-corrected chi connectivity index (χ2v) is 4.64. The van der Waals surface area contributed by atoms with Crippen molar-refractivity contribution in [3.63, 3.8) is 0 Å². The second-order valence-electron chi connectivity index (χ2n) is 4.64. The number of hydrogen-bond donors (Lipinski definition) is 0. The van der Waals surface area contributed by atoms with E-state index in [1.54, 1.807) is 6.07 Å². The highest BCUT2D eigenvalue weighted by atomic mass is 19.1. The van der Waals surface area contributed by atoms with Gasteiger partial charge in [-0.05, 0) is 23.6 Å². The highest BCUT2D eigenvalue weighted by molar-refractivity contribution is 6.00. The van der Waals surface area contributed by atoms with E-state index in [0.717, 1.165) is 11.1 Å². The first-order valence-corrected chi connectivity index (χ1v) is 6.26. The highest BCUT2D eigenvalue weighted by Crippen LogP contribution is 2.29. The summed E-state index contributed by atoms with van der Waals surface area (Å²) in [6.07, 6.45) is 1.00. The Kier molecular flexibility index (Phi) is 3.03. The van der Waals surface area contributed by atoms with Crippen molar-refractivity contribution in [2.24, 2.45) is 0 Å². The van der Waals surface area contributed by atoms with Crippen LogP contribution in [-0.4, -0.2) is 5.78 Å². The van der Waals surface area contributed by atoms with E-state index < -0.39 is 5.82 Å². The molecule has 0 saturated heterocycles. The Morgan fingerprint density at radius 2 is 1.89 bits per heavy atom. The van der Waals surface area contributed by atoms with Crippen molar-refractivity contribution in [3.8, 4) is 5.75 Å². The summed E-state index contributed by atoms with van der Waals surface area (Å²) in [5, 5.41) is 0. The number of halogens is 1. The van der Waals surface area contributed by atoms with Gasteiger partial charge in [0.25, 0.3) is 0 Å². The smallest absolute Gasteiger partial charge is 0.166 e. The van der Waals surface area contributed by atoms with Crippen molar-refractivity contribution in [2.75, 3.05) is 0 Å². The van der Waals surface area contributed by atoms with E-state index >= 15 is 0 Å². The van der Waals surface area contributed by atoms with Gasteiger partial charge >= 0.3 is 0 Å². The van der Waals surface area contributed by atoms with Crippen LogP contribution in [0.25, 0.3) is 0 Å². The average molecular weight is 256 g/mol. The molecule has 19 heavy (non-hydrogen) atoms. The third kappa shape index (κ3) is 2.36. The van der Waals surface area contributed by atoms with Gasteiger partial charge in [0.1, 0.15) is 18.2 Å². The molecule has 0 unspecified atom stereocenters. The lowest BCUT2D eigenvalue weighted by atomic mass is 10.1. The molecule has 1 aliphatic rings. The molecule has 96 valence electrons. The van der Waals surface area contributed by atoms with Crippen molar-refractivity contribution < 1.29 is 13.9 Å². The van der Waals surface area contributed by atoms with Gasteiger partial charge in [-0.25, -0.2) is 4.39 Å². The van der Waals surface area contributed by atoms with Gasteiger partial charge < -0.3 is 4.74 Å². The van der Waals surface area contributed by atoms with Gasteiger partial charge in [-0.1, -0.05) is 30.3 Å². The zero-order valence-electron chi connectivity index (χ0n) is 10.4. The molecule has 0 aromatic heterocycles. The van der Waals surface area contributed by atoms with Crippen LogP contribution < -0.4 is 4.74 Å². The van der Waals surface area contributed by atoms with E-state index in [0.29, 0.717) is 25.2 Å². The molecule has 0 spiro atoms. The number of rotatable bonds is 3. The normalized spacial score (nSPS) is 13.4. The van der Waals surface area contributed by atoms with Gasteiger partial charge in [-0.3, -0.25) is 4.79 Å². The van der Waals surface area contributed by atoms with Crippen molar-refractivity contribution in [1.82, 2.24) is 0 Å². The van der Waals surface area contributed by atoms with Crippen LogP contribution in [0.4, 0.5) is 4.39 Å². The summed E-state index contributed by atoms with van der Waals surface area (Å²) in [5.74, 6) is -0.0972.